The van der Waals surface area contributed by atoms with Crippen LogP contribution >= 0.6 is 0 Å². The molecule has 1 N–H and O–H groups in total. The van der Waals surface area contributed by atoms with Gasteiger partial charge in [0.2, 0.25) is 5.91 Å². The van der Waals surface area contributed by atoms with Gasteiger partial charge < -0.3 is 15.1 Å². The highest BCUT2D eigenvalue weighted by Crippen LogP contribution is 2.33. The molecule has 0 saturated carbocycles. The molecule has 1 fully saturated rings. The number of amides is 1. The van der Waals surface area contributed by atoms with Crippen LogP contribution in [0.2, 0.25) is 0 Å². The summed E-state index contributed by atoms with van der Waals surface area (Å²) in [7, 11) is 1.86. The van der Waals surface area contributed by atoms with Crippen molar-refractivity contribution in [3.63, 3.8) is 0 Å². The van der Waals surface area contributed by atoms with Gasteiger partial charge in [0.15, 0.2) is 0 Å². The van der Waals surface area contributed by atoms with E-state index in [0.29, 0.717) is 12.5 Å². The lowest BCUT2D eigenvalue weighted by Gasteiger charge is -2.36. The van der Waals surface area contributed by atoms with Crippen LogP contribution in [-0.2, 0) is 4.79 Å². The van der Waals surface area contributed by atoms with Gasteiger partial charge in [0, 0.05) is 13.6 Å². The predicted octanol–water partition coefficient (Wildman–Crippen LogP) is 1.08. The number of hydrogen-bond acceptors (Lipinski definition) is 3. The van der Waals surface area contributed by atoms with Crippen LogP contribution in [0.3, 0.4) is 0 Å². The summed E-state index contributed by atoms with van der Waals surface area (Å²) in [5, 5.41) is 3.38. The zero-order valence-electron chi connectivity index (χ0n) is 10.7. The zero-order valence-corrected chi connectivity index (χ0v) is 10.7. The first-order valence-corrected chi connectivity index (χ1v) is 6.57. The van der Waals surface area contributed by atoms with Gasteiger partial charge in [-0.25, -0.2) is 0 Å². The molecule has 4 heteroatoms. The molecule has 4 nitrogen and oxygen atoms in total. The maximum atomic E-state index is 12.0. The van der Waals surface area contributed by atoms with Crippen LogP contribution in [0.15, 0.2) is 24.3 Å². The summed E-state index contributed by atoms with van der Waals surface area (Å²) in [4.78, 5) is 16.0. The number of nitrogens with one attached hydrogen (secondary N) is 1. The fraction of sp³-hybridized carbons (Fsp3) is 0.500. The molecule has 18 heavy (non-hydrogen) atoms. The zero-order chi connectivity index (χ0) is 12.5. The Labute approximate surface area is 108 Å². The van der Waals surface area contributed by atoms with E-state index in [4.69, 9.17) is 0 Å². The summed E-state index contributed by atoms with van der Waals surface area (Å²) in [5.41, 5.74) is 2.21. The van der Waals surface area contributed by atoms with Crippen molar-refractivity contribution in [3.05, 3.63) is 24.3 Å². The van der Waals surface area contributed by atoms with Crippen LogP contribution in [0, 0.1) is 5.92 Å². The number of carbonyl (C=O) groups is 1. The average Bonchev–Trinajstić information content (AvgIpc) is 2.89. The second-order valence-corrected chi connectivity index (χ2v) is 5.18. The topological polar surface area (TPSA) is 35.6 Å². The number of anilines is 2. The second-order valence-electron chi connectivity index (χ2n) is 5.18. The van der Waals surface area contributed by atoms with E-state index >= 15 is 0 Å². The molecule has 1 aromatic carbocycles. The van der Waals surface area contributed by atoms with Crippen molar-refractivity contribution in [1.82, 2.24) is 5.32 Å². The highest BCUT2D eigenvalue weighted by molar-refractivity contribution is 6.02. The monoisotopic (exact) mass is 245 g/mol. The van der Waals surface area contributed by atoms with E-state index < -0.39 is 0 Å². The number of benzene rings is 1. The molecule has 0 aromatic heterocycles. The third-order valence-corrected chi connectivity index (χ3v) is 3.92. The smallest absolute Gasteiger partial charge is 0.246 e. The fourth-order valence-corrected chi connectivity index (χ4v) is 2.85. The van der Waals surface area contributed by atoms with E-state index in [1.54, 1.807) is 4.90 Å². The molecule has 0 aliphatic carbocycles. The van der Waals surface area contributed by atoms with E-state index in [9.17, 15) is 4.79 Å². The standard InChI is InChI=1S/C14H19N3O/c1-16-12-4-2-3-5-13(12)17(10-14(16)18)9-11-6-7-15-8-11/h2-5,11,15H,6-10H2,1H3. The van der Waals surface area contributed by atoms with Crippen molar-refractivity contribution >= 4 is 17.3 Å². The quantitative estimate of drug-likeness (QED) is 0.847. The molecule has 2 aliphatic rings. The lowest BCUT2D eigenvalue weighted by atomic mass is 10.1. The van der Waals surface area contributed by atoms with Crippen molar-refractivity contribution in [2.45, 2.75) is 6.42 Å². The summed E-state index contributed by atoms with van der Waals surface area (Å²) in [6.07, 6.45) is 1.21. The molecule has 1 aromatic rings. The van der Waals surface area contributed by atoms with E-state index in [-0.39, 0.29) is 5.91 Å². The van der Waals surface area contributed by atoms with Crippen molar-refractivity contribution in [3.8, 4) is 0 Å². The minimum Gasteiger partial charge on any atom is -0.360 e. The van der Waals surface area contributed by atoms with Crippen molar-refractivity contribution < 1.29 is 4.79 Å². The van der Waals surface area contributed by atoms with Gasteiger partial charge in [0.05, 0.1) is 17.9 Å². The molecule has 0 radical (unpaired) electrons. The summed E-state index contributed by atoms with van der Waals surface area (Å²) in [6.45, 7) is 3.66. The number of fused-ring (bicyclic) bond motifs is 1. The molecular weight excluding hydrogens is 226 g/mol. The second kappa shape index (κ2) is 4.61. The van der Waals surface area contributed by atoms with Gasteiger partial charge in [-0.1, -0.05) is 12.1 Å². The van der Waals surface area contributed by atoms with Crippen LogP contribution in [0.5, 0.6) is 0 Å². The third-order valence-electron chi connectivity index (χ3n) is 3.92. The molecule has 2 aliphatic heterocycles. The van der Waals surface area contributed by atoms with Crippen molar-refractivity contribution in [2.75, 3.05) is 43.0 Å². The first kappa shape index (κ1) is 11.5. The Morgan fingerprint density at radius 3 is 2.83 bits per heavy atom. The fourth-order valence-electron chi connectivity index (χ4n) is 2.85. The van der Waals surface area contributed by atoms with Crippen LogP contribution in [0.25, 0.3) is 0 Å². The van der Waals surface area contributed by atoms with E-state index in [2.05, 4.69) is 16.3 Å². The van der Waals surface area contributed by atoms with Gasteiger partial charge in [-0.15, -0.1) is 0 Å². The van der Waals surface area contributed by atoms with E-state index in [1.807, 2.05) is 25.2 Å². The van der Waals surface area contributed by atoms with Crippen LogP contribution in [0.4, 0.5) is 11.4 Å². The number of carbonyl (C=O) groups excluding carboxylic acids is 1. The Hall–Kier alpha value is -1.55. The lowest BCUT2D eigenvalue weighted by Crippen LogP contribution is -2.45. The number of hydrogen-bond donors (Lipinski definition) is 1. The molecule has 1 saturated heterocycles. The van der Waals surface area contributed by atoms with Crippen LogP contribution < -0.4 is 15.1 Å². The Morgan fingerprint density at radius 1 is 1.33 bits per heavy atom. The molecule has 1 atom stereocenters. The van der Waals surface area contributed by atoms with Crippen molar-refractivity contribution in [1.29, 1.82) is 0 Å². The highest BCUT2D eigenvalue weighted by atomic mass is 16.2. The summed E-state index contributed by atoms with van der Waals surface area (Å²) in [5.74, 6) is 0.842. The summed E-state index contributed by atoms with van der Waals surface area (Å²) in [6, 6.07) is 8.17. The van der Waals surface area contributed by atoms with Gasteiger partial charge in [-0.3, -0.25) is 4.79 Å². The number of rotatable bonds is 2. The van der Waals surface area contributed by atoms with Gasteiger partial charge in [0.25, 0.3) is 0 Å². The number of para-hydroxylation sites is 2. The third kappa shape index (κ3) is 1.97. The summed E-state index contributed by atoms with van der Waals surface area (Å²) < 4.78 is 0. The largest absolute Gasteiger partial charge is 0.360 e. The molecule has 96 valence electrons. The first-order valence-electron chi connectivity index (χ1n) is 6.57. The highest BCUT2D eigenvalue weighted by Gasteiger charge is 2.28. The molecule has 0 bridgehead atoms. The molecule has 1 unspecified atom stereocenters. The SMILES string of the molecule is CN1C(=O)CN(CC2CCNC2)c2ccccc21. The Kier molecular flexibility index (Phi) is 2.96. The molecule has 3 rings (SSSR count). The van der Waals surface area contributed by atoms with E-state index in [1.165, 1.54) is 12.1 Å². The number of nitrogens with zero attached hydrogens (tertiary/aromatic N) is 2. The molecule has 2 heterocycles. The van der Waals surface area contributed by atoms with E-state index in [0.717, 1.165) is 25.3 Å². The Bertz CT molecular complexity index is 454. The maximum Gasteiger partial charge on any atom is 0.246 e. The summed E-state index contributed by atoms with van der Waals surface area (Å²) >= 11 is 0. The molecule has 0 spiro atoms. The molecular formula is C14H19N3O. The van der Waals surface area contributed by atoms with Crippen LogP contribution in [-0.4, -0.2) is 39.1 Å². The van der Waals surface area contributed by atoms with Crippen LogP contribution in [0.1, 0.15) is 6.42 Å². The minimum absolute atomic E-state index is 0.180. The minimum atomic E-state index is 0.180. The Morgan fingerprint density at radius 2 is 2.11 bits per heavy atom. The van der Waals surface area contributed by atoms with Gasteiger partial charge in [-0.2, -0.15) is 0 Å². The molecule has 1 amide bonds. The lowest BCUT2D eigenvalue weighted by molar-refractivity contribution is -0.117. The predicted molar refractivity (Wildman–Crippen MR) is 73.0 cm³/mol. The maximum absolute atomic E-state index is 12.0. The number of likely N-dealkylation sites (N-methyl/N-ethyl adjacent to an activating group) is 1. The first-order chi connectivity index (χ1) is 8.75. The normalized spacial score (nSPS) is 23.4. The average molecular weight is 245 g/mol. The van der Waals surface area contributed by atoms with Gasteiger partial charge in [0.1, 0.15) is 0 Å². The van der Waals surface area contributed by atoms with Crippen molar-refractivity contribution in [2.24, 2.45) is 5.92 Å². The Balaban J connectivity index is 1.86. The van der Waals surface area contributed by atoms with Gasteiger partial charge >= 0.3 is 0 Å². The van der Waals surface area contributed by atoms with Gasteiger partial charge in [-0.05, 0) is 37.6 Å².